The van der Waals surface area contributed by atoms with Crippen molar-refractivity contribution < 1.29 is 13.9 Å². The molecule has 0 saturated carbocycles. The Labute approximate surface area is 182 Å². The first-order valence-corrected chi connectivity index (χ1v) is 10.5. The Hall–Kier alpha value is -3.27. The summed E-state index contributed by atoms with van der Waals surface area (Å²) < 4.78 is 26.1. The van der Waals surface area contributed by atoms with E-state index in [1.807, 2.05) is 18.2 Å². The van der Waals surface area contributed by atoms with Gasteiger partial charge in [0.1, 0.15) is 5.82 Å². The predicted octanol–water partition coefficient (Wildman–Crippen LogP) is 6.24. The molecule has 0 fully saturated rings. The van der Waals surface area contributed by atoms with Gasteiger partial charge in [0.25, 0.3) is 0 Å². The van der Waals surface area contributed by atoms with Crippen LogP contribution in [0.15, 0.2) is 66.7 Å². The van der Waals surface area contributed by atoms with Crippen molar-refractivity contribution in [1.29, 1.82) is 0 Å². The number of hydrogen-bond acceptors (Lipinski definition) is 3. The van der Waals surface area contributed by atoms with Crippen LogP contribution >= 0.6 is 0 Å². The molecule has 1 spiro atoms. The average molecular weight is 416 g/mol. The highest BCUT2D eigenvalue weighted by Gasteiger charge is 2.59. The number of aryl methyl sites for hydroxylation is 1. The fourth-order valence-corrected chi connectivity index (χ4v) is 4.95. The average Bonchev–Trinajstić information content (AvgIpc) is 2.94. The van der Waals surface area contributed by atoms with Crippen molar-refractivity contribution >= 4 is 11.8 Å². The molecule has 3 aromatic carbocycles. The quantitative estimate of drug-likeness (QED) is 0.505. The third kappa shape index (κ3) is 2.85. The van der Waals surface area contributed by atoms with Crippen LogP contribution < -0.4 is 14.4 Å². The Balaban J connectivity index is 1.68. The fraction of sp³-hybridized carbons (Fsp3) is 0.259. The second kappa shape index (κ2) is 6.88. The molecule has 1 atom stereocenters. The zero-order valence-corrected chi connectivity index (χ0v) is 18.3. The molecule has 2 aliphatic rings. The van der Waals surface area contributed by atoms with Crippen LogP contribution in [-0.2, 0) is 12.0 Å². The third-order valence-electron chi connectivity index (χ3n) is 6.61. The molecule has 4 heteroatoms. The molecule has 3 aromatic rings. The highest BCUT2D eigenvalue weighted by Crippen LogP contribution is 2.56. The standard InChI is InChI=1S/C27H26FNO2/c1-18-15-20-13-14-27(31-25(20)24(16-18)30-4)26(2,3)22-7-5-6-8-23(22)29(27)17-19-9-11-21(28)12-10-19/h5-16H,17H2,1-4H3. The maximum absolute atomic E-state index is 13.5. The molecule has 1 unspecified atom stereocenters. The molecular weight excluding hydrogens is 389 g/mol. The summed E-state index contributed by atoms with van der Waals surface area (Å²) in [6, 6.07) is 19.2. The van der Waals surface area contributed by atoms with E-state index >= 15 is 0 Å². The minimum atomic E-state index is -0.749. The summed E-state index contributed by atoms with van der Waals surface area (Å²) in [5.41, 5.74) is 4.40. The first-order chi connectivity index (χ1) is 14.9. The van der Waals surface area contributed by atoms with Crippen LogP contribution in [0.1, 0.15) is 36.1 Å². The molecule has 5 rings (SSSR count). The number of ether oxygens (including phenoxy) is 2. The lowest BCUT2D eigenvalue weighted by Crippen LogP contribution is -2.59. The minimum Gasteiger partial charge on any atom is -0.493 e. The lowest BCUT2D eigenvalue weighted by Gasteiger charge is -2.47. The second-order valence-electron chi connectivity index (χ2n) is 8.87. The summed E-state index contributed by atoms with van der Waals surface area (Å²) >= 11 is 0. The number of nitrogens with zero attached hydrogens (tertiary/aromatic N) is 1. The molecule has 0 bridgehead atoms. The van der Waals surface area contributed by atoms with Crippen molar-refractivity contribution in [2.45, 2.75) is 38.5 Å². The van der Waals surface area contributed by atoms with Gasteiger partial charge in [0.2, 0.25) is 5.72 Å². The van der Waals surface area contributed by atoms with Crippen molar-refractivity contribution in [3.8, 4) is 11.5 Å². The van der Waals surface area contributed by atoms with Gasteiger partial charge in [-0.05, 0) is 79.9 Å². The molecule has 0 amide bonds. The second-order valence-corrected chi connectivity index (χ2v) is 8.87. The SMILES string of the molecule is COc1cc(C)cc2c1OC1(C=C2)N(Cc2ccc(F)cc2)c2ccccc2C1(C)C. The van der Waals surface area contributed by atoms with E-state index in [0.717, 1.165) is 33.9 Å². The third-order valence-corrected chi connectivity index (χ3v) is 6.61. The Kier molecular flexibility index (Phi) is 4.37. The van der Waals surface area contributed by atoms with Gasteiger partial charge in [0.05, 0.1) is 12.5 Å². The van der Waals surface area contributed by atoms with Gasteiger partial charge >= 0.3 is 0 Å². The van der Waals surface area contributed by atoms with Crippen molar-refractivity contribution in [2.24, 2.45) is 0 Å². The summed E-state index contributed by atoms with van der Waals surface area (Å²) in [6.45, 7) is 7.07. The van der Waals surface area contributed by atoms with E-state index in [1.54, 1.807) is 7.11 Å². The van der Waals surface area contributed by atoms with E-state index in [-0.39, 0.29) is 11.2 Å². The number of methoxy groups -OCH3 is 1. The van der Waals surface area contributed by atoms with Crippen LogP contribution in [0, 0.1) is 12.7 Å². The lowest BCUT2D eigenvalue weighted by molar-refractivity contribution is 0.0493. The Bertz CT molecular complexity index is 1180. The van der Waals surface area contributed by atoms with Gasteiger partial charge in [-0.25, -0.2) is 4.39 Å². The number of fused-ring (bicyclic) bond motifs is 2. The maximum Gasteiger partial charge on any atom is 0.212 e. The smallest absolute Gasteiger partial charge is 0.212 e. The Morgan fingerprint density at radius 1 is 1.03 bits per heavy atom. The number of benzene rings is 3. The topological polar surface area (TPSA) is 21.7 Å². The number of para-hydroxylation sites is 1. The summed E-state index contributed by atoms with van der Waals surface area (Å²) in [5.74, 6) is 1.25. The summed E-state index contributed by atoms with van der Waals surface area (Å²) in [6.07, 6.45) is 4.30. The van der Waals surface area contributed by atoms with Gasteiger partial charge in [0, 0.05) is 17.8 Å². The predicted molar refractivity (Wildman–Crippen MR) is 122 cm³/mol. The normalized spacial score (nSPS) is 20.4. The van der Waals surface area contributed by atoms with Gasteiger partial charge in [0.15, 0.2) is 11.5 Å². The molecule has 2 heterocycles. The molecule has 0 aliphatic carbocycles. The number of rotatable bonds is 3. The zero-order chi connectivity index (χ0) is 21.8. The highest BCUT2D eigenvalue weighted by molar-refractivity contribution is 5.74. The summed E-state index contributed by atoms with van der Waals surface area (Å²) in [5, 5.41) is 0. The first-order valence-electron chi connectivity index (χ1n) is 10.5. The van der Waals surface area contributed by atoms with Crippen LogP contribution in [0.3, 0.4) is 0 Å². The number of anilines is 1. The van der Waals surface area contributed by atoms with Gasteiger partial charge in [-0.2, -0.15) is 0 Å². The van der Waals surface area contributed by atoms with Crippen LogP contribution in [0.2, 0.25) is 0 Å². The largest absolute Gasteiger partial charge is 0.493 e. The van der Waals surface area contributed by atoms with E-state index < -0.39 is 5.72 Å². The number of halogens is 1. The lowest BCUT2D eigenvalue weighted by atomic mass is 9.76. The van der Waals surface area contributed by atoms with Crippen LogP contribution in [0.25, 0.3) is 6.08 Å². The zero-order valence-electron chi connectivity index (χ0n) is 18.3. The van der Waals surface area contributed by atoms with Gasteiger partial charge in [-0.1, -0.05) is 30.3 Å². The molecule has 0 aromatic heterocycles. The summed E-state index contributed by atoms with van der Waals surface area (Å²) in [4.78, 5) is 2.29. The van der Waals surface area contributed by atoms with Crippen LogP contribution in [-0.4, -0.2) is 12.8 Å². The molecular formula is C27H26FNO2. The molecule has 0 saturated heterocycles. The fourth-order valence-electron chi connectivity index (χ4n) is 4.95. The molecule has 31 heavy (non-hydrogen) atoms. The van der Waals surface area contributed by atoms with Crippen molar-refractivity contribution in [3.63, 3.8) is 0 Å². The van der Waals surface area contributed by atoms with E-state index in [4.69, 9.17) is 9.47 Å². The maximum atomic E-state index is 13.5. The van der Waals surface area contributed by atoms with E-state index in [0.29, 0.717) is 6.54 Å². The monoisotopic (exact) mass is 415 g/mol. The van der Waals surface area contributed by atoms with Gasteiger partial charge in [-0.15, -0.1) is 0 Å². The molecule has 0 N–H and O–H groups in total. The van der Waals surface area contributed by atoms with Crippen molar-refractivity contribution in [2.75, 3.05) is 12.0 Å². The van der Waals surface area contributed by atoms with E-state index in [9.17, 15) is 4.39 Å². The van der Waals surface area contributed by atoms with Gasteiger partial charge in [-0.3, -0.25) is 0 Å². The summed E-state index contributed by atoms with van der Waals surface area (Å²) in [7, 11) is 1.67. The number of hydrogen-bond donors (Lipinski definition) is 0. The van der Waals surface area contributed by atoms with Crippen LogP contribution in [0.4, 0.5) is 10.1 Å². The Morgan fingerprint density at radius 2 is 1.77 bits per heavy atom. The van der Waals surface area contributed by atoms with E-state index in [2.05, 4.69) is 68.2 Å². The van der Waals surface area contributed by atoms with Crippen molar-refractivity contribution in [1.82, 2.24) is 0 Å². The van der Waals surface area contributed by atoms with Crippen LogP contribution in [0.5, 0.6) is 11.5 Å². The van der Waals surface area contributed by atoms with Gasteiger partial charge < -0.3 is 14.4 Å². The first kappa shape index (κ1) is 19.7. The molecule has 2 aliphatic heterocycles. The highest BCUT2D eigenvalue weighted by atomic mass is 19.1. The minimum absolute atomic E-state index is 0.233. The van der Waals surface area contributed by atoms with Crippen molar-refractivity contribution in [3.05, 3.63) is 94.8 Å². The molecule has 3 nitrogen and oxygen atoms in total. The Morgan fingerprint density at radius 3 is 2.52 bits per heavy atom. The molecule has 0 radical (unpaired) electrons. The molecule has 158 valence electrons. The van der Waals surface area contributed by atoms with E-state index in [1.165, 1.54) is 17.7 Å².